The second-order valence-corrected chi connectivity index (χ2v) is 7.58. The molecular formula is C22H29N7O2. The normalized spacial score (nSPS) is 10.9. The first-order valence-corrected chi connectivity index (χ1v) is 10.3. The number of aromatic amines is 2. The third-order valence-corrected chi connectivity index (χ3v) is 4.79. The summed E-state index contributed by atoms with van der Waals surface area (Å²) in [6, 6.07) is 6.72. The van der Waals surface area contributed by atoms with Gasteiger partial charge in [-0.05, 0) is 57.7 Å². The third-order valence-electron chi connectivity index (χ3n) is 4.79. The minimum absolute atomic E-state index is 0.133. The molecule has 0 aliphatic carbocycles. The van der Waals surface area contributed by atoms with Crippen LogP contribution in [-0.4, -0.2) is 68.7 Å². The van der Waals surface area contributed by atoms with E-state index in [1.54, 1.807) is 54.0 Å². The first kappa shape index (κ1) is 22.2. The quantitative estimate of drug-likeness (QED) is 0.409. The van der Waals surface area contributed by atoms with E-state index in [0.29, 0.717) is 42.4 Å². The van der Waals surface area contributed by atoms with Gasteiger partial charge in [0.1, 0.15) is 11.6 Å². The van der Waals surface area contributed by atoms with Crippen molar-refractivity contribution in [1.82, 2.24) is 35.1 Å². The van der Waals surface area contributed by atoms with E-state index in [1.165, 1.54) is 0 Å². The Labute approximate surface area is 181 Å². The van der Waals surface area contributed by atoms with Gasteiger partial charge < -0.3 is 25.1 Å². The van der Waals surface area contributed by atoms with Crippen LogP contribution in [0.25, 0.3) is 0 Å². The highest BCUT2D eigenvalue weighted by atomic mass is 16.2. The zero-order valence-corrected chi connectivity index (χ0v) is 18.0. The van der Waals surface area contributed by atoms with Crippen LogP contribution >= 0.6 is 0 Å². The number of nitrogens with zero attached hydrogens (tertiary/aromatic N) is 4. The zero-order valence-electron chi connectivity index (χ0n) is 18.0. The van der Waals surface area contributed by atoms with Crippen molar-refractivity contribution in [2.75, 3.05) is 27.2 Å². The molecule has 9 heteroatoms. The highest BCUT2D eigenvalue weighted by Gasteiger charge is 2.19. The van der Waals surface area contributed by atoms with Crippen LogP contribution < -0.4 is 5.32 Å². The van der Waals surface area contributed by atoms with Gasteiger partial charge in [0.05, 0.1) is 13.1 Å². The topological polar surface area (TPSA) is 110 Å². The lowest BCUT2D eigenvalue weighted by atomic mass is 10.1. The number of nitrogens with one attached hydrogen (secondary N) is 3. The van der Waals surface area contributed by atoms with Gasteiger partial charge in [0.25, 0.3) is 11.8 Å². The van der Waals surface area contributed by atoms with Crippen LogP contribution in [0.15, 0.2) is 49.1 Å². The van der Waals surface area contributed by atoms with Gasteiger partial charge >= 0.3 is 0 Å². The molecule has 3 aromatic rings. The number of amides is 2. The van der Waals surface area contributed by atoms with Crippen molar-refractivity contribution in [3.63, 3.8) is 0 Å². The zero-order chi connectivity index (χ0) is 22.1. The van der Waals surface area contributed by atoms with Crippen LogP contribution in [0.3, 0.4) is 0 Å². The van der Waals surface area contributed by atoms with Gasteiger partial charge in [-0.1, -0.05) is 0 Å². The van der Waals surface area contributed by atoms with Crippen LogP contribution in [0.2, 0.25) is 0 Å². The van der Waals surface area contributed by atoms with Gasteiger partial charge in [0.15, 0.2) is 0 Å². The molecule has 0 saturated heterocycles. The Kier molecular flexibility index (Phi) is 7.94. The van der Waals surface area contributed by atoms with E-state index in [9.17, 15) is 9.59 Å². The predicted molar refractivity (Wildman–Crippen MR) is 117 cm³/mol. The Morgan fingerprint density at radius 2 is 1.48 bits per heavy atom. The number of benzene rings is 1. The number of rotatable bonds is 11. The van der Waals surface area contributed by atoms with Crippen LogP contribution in [0.4, 0.5) is 0 Å². The van der Waals surface area contributed by atoms with Crippen LogP contribution in [0.5, 0.6) is 0 Å². The molecule has 3 N–H and O–H groups in total. The largest absolute Gasteiger partial charge is 0.352 e. The van der Waals surface area contributed by atoms with Crippen molar-refractivity contribution in [2.24, 2.45) is 0 Å². The summed E-state index contributed by atoms with van der Waals surface area (Å²) in [5.41, 5.74) is 1.04. The number of hydrogen-bond donors (Lipinski definition) is 3. The molecule has 0 fully saturated rings. The first-order chi connectivity index (χ1) is 15.0. The molecule has 0 spiro atoms. The predicted octanol–water partition coefficient (Wildman–Crippen LogP) is 2.05. The molecule has 0 atom stereocenters. The second kappa shape index (κ2) is 11.1. The fourth-order valence-electron chi connectivity index (χ4n) is 3.13. The van der Waals surface area contributed by atoms with E-state index in [1.807, 2.05) is 14.1 Å². The second-order valence-electron chi connectivity index (χ2n) is 7.58. The van der Waals surface area contributed by atoms with Gasteiger partial charge in [-0.2, -0.15) is 0 Å². The van der Waals surface area contributed by atoms with Crippen molar-refractivity contribution in [3.8, 4) is 0 Å². The van der Waals surface area contributed by atoms with Gasteiger partial charge in [0, 0.05) is 42.5 Å². The SMILES string of the molecule is CN(C)CCCCNC(=O)c1ccc(C(=O)N(Cc2ncc[nH]2)Cc2ncc[nH]2)cc1. The fraction of sp³-hybridized carbons (Fsp3) is 0.364. The number of H-pyrrole nitrogens is 2. The molecule has 0 bridgehead atoms. The monoisotopic (exact) mass is 423 g/mol. The van der Waals surface area contributed by atoms with Crippen LogP contribution in [0, 0.1) is 0 Å². The van der Waals surface area contributed by atoms with E-state index in [-0.39, 0.29) is 11.8 Å². The summed E-state index contributed by atoms with van der Waals surface area (Å²) < 4.78 is 0. The number of imidazole rings is 2. The van der Waals surface area contributed by atoms with Crippen molar-refractivity contribution in [1.29, 1.82) is 0 Å². The summed E-state index contributed by atoms with van der Waals surface area (Å²) in [6.45, 7) is 2.27. The number of hydrogen-bond acceptors (Lipinski definition) is 5. The molecule has 1 aromatic carbocycles. The highest BCUT2D eigenvalue weighted by Crippen LogP contribution is 2.12. The molecule has 9 nitrogen and oxygen atoms in total. The van der Waals surface area contributed by atoms with Crippen LogP contribution in [0.1, 0.15) is 45.2 Å². The molecule has 31 heavy (non-hydrogen) atoms. The minimum atomic E-state index is -0.163. The Morgan fingerprint density at radius 3 is 2.00 bits per heavy atom. The summed E-state index contributed by atoms with van der Waals surface area (Å²) in [5, 5.41) is 2.93. The molecule has 0 saturated carbocycles. The molecule has 0 unspecified atom stereocenters. The lowest BCUT2D eigenvalue weighted by molar-refractivity contribution is 0.0721. The van der Waals surface area contributed by atoms with Gasteiger partial charge in [-0.25, -0.2) is 9.97 Å². The fourth-order valence-corrected chi connectivity index (χ4v) is 3.13. The molecular weight excluding hydrogens is 394 g/mol. The third kappa shape index (κ3) is 6.78. The Bertz CT molecular complexity index is 899. The average molecular weight is 424 g/mol. The molecule has 0 radical (unpaired) electrons. The van der Waals surface area contributed by atoms with Gasteiger partial charge in [-0.3, -0.25) is 9.59 Å². The summed E-state index contributed by atoms with van der Waals surface area (Å²) in [5.74, 6) is 1.07. The lowest BCUT2D eigenvalue weighted by Crippen LogP contribution is -2.31. The van der Waals surface area contributed by atoms with E-state index in [4.69, 9.17) is 0 Å². The summed E-state index contributed by atoms with van der Waals surface area (Å²) in [4.78, 5) is 43.7. The maximum Gasteiger partial charge on any atom is 0.254 e. The minimum Gasteiger partial charge on any atom is -0.352 e. The maximum atomic E-state index is 13.1. The van der Waals surface area contributed by atoms with Crippen LogP contribution in [-0.2, 0) is 13.1 Å². The number of carbonyl (C=O) groups excluding carboxylic acids is 2. The Balaban J connectivity index is 1.60. The Morgan fingerprint density at radius 1 is 0.903 bits per heavy atom. The van der Waals surface area contributed by atoms with Gasteiger partial charge in [0.2, 0.25) is 0 Å². The molecule has 0 aliphatic heterocycles. The smallest absolute Gasteiger partial charge is 0.254 e. The standard InChI is InChI=1S/C22H29N7O2/c1-28(2)14-4-3-9-27-21(30)17-5-7-18(8-6-17)22(31)29(15-19-23-10-11-24-19)16-20-25-12-13-26-20/h5-8,10-13H,3-4,9,14-16H2,1-2H3,(H,23,24)(H,25,26)(H,27,30). The number of carbonyl (C=O) groups is 2. The molecule has 164 valence electrons. The first-order valence-electron chi connectivity index (χ1n) is 10.3. The van der Waals surface area contributed by atoms with E-state index in [0.717, 1.165) is 19.4 Å². The highest BCUT2D eigenvalue weighted by molar-refractivity contribution is 5.97. The average Bonchev–Trinajstić information content (AvgIpc) is 3.46. The van der Waals surface area contributed by atoms with E-state index < -0.39 is 0 Å². The summed E-state index contributed by atoms with van der Waals surface area (Å²) >= 11 is 0. The van der Waals surface area contributed by atoms with E-state index in [2.05, 4.69) is 30.2 Å². The maximum absolute atomic E-state index is 13.1. The number of unbranched alkanes of at least 4 members (excludes halogenated alkanes) is 1. The Hall–Kier alpha value is -3.46. The molecule has 2 heterocycles. The summed E-state index contributed by atoms with van der Waals surface area (Å²) in [6.07, 6.45) is 8.70. The molecule has 3 rings (SSSR count). The molecule has 0 aliphatic rings. The summed E-state index contributed by atoms with van der Waals surface area (Å²) in [7, 11) is 4.07. The lowest BCUT2D eigenvalue weighted by Gasteiger charge is -2.21. The van der Waals surface area contributed by atoms with Crippen molar-refractivity contribution in [2.45, 2.75) is 25.9 Å². The van der Waals surface area contributed by atoms with E-state index >= 15 is 0 Å². The molecule has 2 aromatic heterocycles. The van der Waals surface area contributed by atoms with Crippen molar-refractivity contribution >= 4 is 11.8 Å². The molecule has 2 amide bonds. The van der Waals surface area contributed by atoms with Gasteiger partial charge in [-0.15, -0.1) is 0 Å². The number of aromatic nitrogens is 4. The van der Waals surface area contributed by atoms with Crippen molar-refractivity contribution < 1.29 is 9.59 Å². The van der Waals surface area contributed by atoms with Crippen molar-refractivity contribution in [3.05, 3.63) is 71.8 Å².